The van der Waals surface area contributed by atoms with Gasteiger partial charge in [0.05, 0.1) is 6.61 Å². The van der Waals surface area contributed by atoms with Crippen LogP contribution >= 0.6 is 24.0 Å². The summed E-state index contributed by atoms with van der Waals surface area (Å²) in [6.45, 7) is 7.26. The van der Waals surface area contributed by atoms with E-state index in [1.807, 2.05) is 13.1 Å². The quantitative estimate of drug-likeness (QED) is 0.277. The molecule has 1 N–H and O–H groups in total. The van der Waals surface area contributed by atoms with Crippen LogP contribution in [0.1, 0.15) is 32.3 Å². The van der Waals surface area contributed by atoms with E-state index in [2.05, 4.69) is 29.1 Å². The van der Waals surface area contributed by atoms with Gasteiger partial charge in [-0.05, 0) is 36.5 Å². The molecule has 0 spiro atoms. The second-order valence-corrected chi connectivity index (χ2v) is 7.23. The topological polar surface area (TPSA) is 36.9 Å². The number of rotatable bonds is 8. The molecule has 1 aromatic carbocycles. The Kier molecular flexibility index (Phi) is 9.13. The first-order valence-corrected chi connectivity index (χ1v) is 8.68. The Labute approximate surface area is 168 Å². The number of nitrogens with zero attached hydrogens (tertiary/aromatic N) is 2. The number of hydrogen-bond donors (Lipinski definition) is 1. The molecule has 0 aromatic heterocycles. The van der Waals surface area contributed by atoms with E-state index in [0.717, 1.165) is 30.6 Å². The van der Waals surface area contributed by atoms with E-state index in [1.54, 1.807) is 19.2 Å². The average molecular weight is 463 g/mol. The molecule has 1 saturated carbocycles. The van der Waals surface area contributed by atoms with E-state index in [-0.39, 0.29) is 35.2 Å². The van der Waals surface area contributed by atoms with Crippen molar-refractivity contribution in [2.24, 2.45) is 10.9 Å². The number of aliphatic imine (C=N–C) groups is 1. The Morgan fingerprint density at radius 1 is 1.40 bits per heavy atom. The highest BCUT2D eigenvalue weighted by atomic mass is 127. The summed E-state index contributed by atoms with van der Waals surface area (Å²) in [4.78, 5) is 6.39. The maximum Gasteiger partial charge on any atom is 0.193 e. The molecule has 0 atom stereocenters. The minimum atomic E-state index is -0.199. The Balaban J connectivity index is 0.00000312. The number of benzene rings is 1. The van der Waals surface area contributed by atoms with Crippen LogP contribution in [-0.2, 0) is 10.2 Å². The lowest BCUT2D eigenvalue weighted by atomic mass is 9.84. The van der Waals surface area contributed by atoms with Crippen molar-refractivity contribution in [3.63, 3.8) is 0 Å². The van der Waals surface area contributed by atoms with E-state index in [1.165, 1.54) is 18.9 Å². The van der Waals surface area contributed by atoms with Crippen LogP contribution in [0.15, 0.2) is 29.3 Å². The van der Waals surface area contributed by atoms with Gasteiger partial charge in [-0.15, -0.1) is 24.0 Å². The van der Waals surface area contributed by atoms with Crippen molar-refractivity contribution in [3.05, 3.63) is 35.6 Å². The van der Waals surface area contributed by atoms with Gasteiger partial charge in [0.1, 0.15) is 5.82 Å². The van der Waals surface area contributed by atoms with Gasteiger partial charge >= 0.3 is 0 Å². The fraction of sp³-hybridized carbons (Fsp3) is 0.632. The molecule has 1 aliphatic rings. The summed E-state index contributed by atoms with van der Waals surface area (Å²) in [5.41, 5.74) is 0.780. The largest absolute Gasteiger partial charge is 0.379 e. The van der Waals surface area contributed by atoms with Crippen molar-refractivity contribution < 1.29 is 9.13 Å². The van der Waals surface area contributed by atoms with Crippen LogP contribution in [0.5, 0.6) is 0 Å². The Hall–Kier alpha value is -0.890. The first-order valence-electron chi connectivity index (χ1n) is 8.68. The first-order chi connectivity index (χ1) is 11.4. The summed E-state index contributed by atoms with van der Waals surface area (Å²) < 4.78 is 19.1. The highest BCUT2D eigenvalue weighted by Crippen LogP contribution is 2.28. The SMILES string of the molecule is CN=C(NCC(C)(C)c1cccc(F)c1)N(C)CCOCC1CC1.I. The predicted molar refractivity (Wildman–Crippen MR) is 112 cm³/mol. The lowest BCUT2D eigenvalue weighted by Gasteiger charge is -2.29. The maximum absolute atomic E-state index is 13.5. The molecule has 1 fully saturated rings. The van der Waals surface area contributed by atoms with E-state index >= 15 is 0 Å². The van der Waals surface area contributed by atoms with Gasteiger partial charge in [0.2, 0.25) is 0 Å². The van der Waals surface area contributed by atoms with Gasteiger partial charge in [-0.25, -0.2) is 4.39 Å². The third kappa shape index (κ3) is 7.48. The van der Waals surface area contributed by atoms with Gasteiger partial charge in [0.15, 0.2) is 5.96 Å². The summed E-state index contributed by atoms with van der Waals surface area (Å²) in [5, 5.41) is 3.39. The van der Waals surface area contributed by atoms with Gasteiger partial charge in [0.25, 0.3) is 0 Å². The average Bonchev–Trinajstić information content (AvgIpc) is 3.36. The van der Waals surface area contributed by atoms with Crippen LogP contribution in [-0.4, -0.2) is 51.3 Å². The Morgan fingerprint density at radius 3 is 2.72 bits per heavy atom. The molecule has 0 unspecified atom stereocenters. The molecule has 4 nitrogen and oxygen atoms in total. The van der Waals surface area contributed by atoms with Crippen molar-refractivity contribution in [2.45, 2.75) is 32.1 Å². The summed E-state index contributed by atoms with van der Waals surface area (Å²) in [6, 6.07) is 6.79. The highest BCUT2D eigenvalue weighted by Gasteiger charge is 2.23. The highest BCUT2D eigenvalue weighted by molar-refractivity contribution is 14.0. The molecule has 1 aliphatic carbocycles. The van der Waals surface area contributed by atoms with Gasteiger partial charge in [-0.2, -0.15) is 0 Å². The van der Waals surface area contributed by atoms with Gasteiger partial charge in [0, 0.05) is 39.2 Å². The van der Waals surface area contributed by atoms with Crippen molar-refractivity contribution in [3.8, 4) is 0 Å². The fourth-order valence-corrected chi connectivity index (χ4v) is 2.54. The molecule has 1 aromatic rings. The van der Waals surface area contributed by atoms with Gasteiger partial charge < -0.3 is 15.0 Å². The summed E-state index contributed by atoms with van der Waals surface area (Å²) in [5.74, 6) is 1.42. The zero-order valence-electron chi connectivity index (χ0n) is 15.7. The van der Waals surface area contributed by atoms with Crippen LogP contribution < -0.4 is 5.32 Å². The van der Waals surface area contributed by atoms with E-state index in [9.17, 15) is 4.39 Å². The third-order valence-electron chi connectivity index (χ3n) is 4.49. The van der Waals surface area contributed by atoms with Crippen LogP contribution in [0.3, 0.4) is 0 Å². The van der Waals surface area contributed by atoms with Gasteiger partial charge in [-0.1, -0.05) is 26.0 Å². The van der Waals surface area contributed by atoms with E-state index in [0.29, 0.717) is 13.2 Å². The minimum absolute atomic E-state index is 0. The predicted octanol–water partition coefficient (Wildman–Crippen LogP) is 3.66. The second kappa shape index (κ2) is 10.3. The molecule has 2 rings (SSSR count). The molecule has 142 valence electrons. The lowest BCUT2D eigenvalue weighted by Crippen LogP contribution is -2.45. The molecule has 25 heavy (non-hydrogen) atoms. The van der Waals surface area contributed by atoms with Crippen LogP contribution in [0.25, 0.3) is 0 Å². The normalized spacial score (nSPS) is 14.8. The molecule has 0 heterocycles. The summed E-state index contributed by atoms with van der Waals surface area (Å²) in [7, 11) is 3.78. The monoisotopic (exact) mass is 463 g/mol. The van der Waals surface area contributed by atoms with Gasteiger partial charge in [-0.3, -0.25) is 4.99 Å². The fourth-order valence-electron chi connectivity index (χ4n) is 2.54. The molecule has 0 amide bonds. The van der Waals surface area contributed by atoms with Crippen molar-refractivity contribution in [1.29, 1.82) is 0 Å². The second-order valence-electron chi connectivity index (χ2n) is 7.23. The zero-order chi connectivity index (χ0) is 17.6. The zero-order valence-corrected chi connectivity index (χ0v) is 18.0. The number of nitrogens with one attached hydrogen (secondary N) is 1. The molecule has 6 heteroatoms. The van der Waals surface area contributed by atoms with E-state index in [4.69, 9.17) is 4.74 Å². The Bertz CT molecular complexity index is 561. The lowest BCUT2D eigenvalue weighted by molar-refractivity contribution is 0.115. The maximum atomic E-state index is 13.5. The summed E-state index contributed by atoms with van der Waals surface area (Å²) in [6.07, 6.45) is 2.63. The van der Waals surface area contributed by atoms with Crippen LogP contribution in [0.2, 0.25) is 0 Å². The van der Waals surface area contributed by atoms with E-state index < -0.39 is 0 Å². The van der Waals surface area contributed by atoms with Crippen molar-refractivity contribution in [2.75, 3.05) is 40.4 Å². The molecule has 0 bridgehead atoms. The molecule has 0 radical (unpaired) electrons. The third-order valence-corrected chi connectivity index (χ3v) is 4.49. The number of hydrogen-bond acceptors (Lipinski definition) is 2. The number of ether oxygens (including phenoxy) is 1. The smallest absolute Gasteiger partial charge is 0.193 e. The van der Waals surface area contributed by atoms with Crippen molar-refractivity contribution in [1.82, 2.24) is 10.2 Å². The van der Waals surface area contributed by atoms with Crippen LogP contribution in [0.4, 0.5) is 4.39 Å². The molecule has 0 aliphatic heterocycles. The van der Waals surface area contributed by atoms with Crippen molar-refractivity contribution >= 4 is 29.9 Å². The number of likely N-dealkylation sites (N-methyl/N-ethyl adjacent to an activating group) is 1. The summed E-state index contributed by atoms with van der Waals surface area (Å²) >= 11 is 0. The minimum Gasteiger partial charge on any atom is -0.379 e. The molecular weight excluding hydrogens is 432 g/mol. The van der Waals surface area contributed by atoms with Crippen LogP contribution in [0, 0.1) is 11.7 Å². The molecular formula is C19H31FIN3O. The first kappa shape index (κ1) is 22.2. The number of halogens is 2. The number of guanidine groups is 1. The molecule has 0 saturated heterocycles. The standard InChI is InChI=1S/C19H30FN3O.HI/c1-19(2,16-6-5-7-17(20)12-16)14-22-18(21-3)23(4)10-11-24-13-15-8-9-15;/h5-7,12,15H,8-11,13-14H2,1-4H3,(H,21,22);1H. The Morgan fingerprint density at radius 2 is 2.12 bits per heavy atom.